The van der Waals surface area contributed by atoms with Crippen LogP contribution in [-0.4, -0.2) is 5.78 Å². The van der Waals surface area contributed by atoms with Gasteiger partial charge in [-0.2, -0.15) is 0 Å². The van der Waals surface area contributed by atoms with E-state index in [2.05, 4.69) is 0 Å². The van der Waals surface area contributed by atoms with Crippen LogP contribution >= 0.6 is 11.6 Å². The fourth-order valence-corrected chi connectivity index (χ4v) is 1.28. The third-order valence-electron chi connectivity index (χ3n) is 1.87. The zero-order chi connectivity index (χ0) is 10.7. The molecule has 0 spiro atoms. The zero-order valence-electron chi connectivity index (χ0n) is 7.61. The van der Waals surface area contributed by atoms with E-state index >= 15 is 0 Å². The summed E-state index contributed by atoms with van der Waals surface area (Å²) in [5, 5.41) is -0.120. The Hall–Kier alpha value is -0.960. The summed E-state index contributed by atoms with van der Waals surface area (Å²) in [7, 11) is 0. The highest BCUT2D eigenvalue weighted by Gasteiger charge is 2.12. The molecule has 0 fully saturated rings. The summed E-state index contributed by atoms with van der Waals surface area (Å²) in [6.07, 6.45) is 0.168. The van der Waals surface area contributed by atoms with Gasteiger partial charge in [0.05, 0.1) is 5.02 Å². The van der Waals surface area contributed by atoms with Crippen LogP contribution in [0.2, 0.25) is 5.02 Å². The van der Waals surface area contributed by atoms with Crippen LogP contribution < -0.4 is 0 Å². The molecule has 0 saturated carbocycles. The third kappa shape index (κ3) is 2.51. The number of hydrogen-bond acceptors (Lipinski definition) is 1. The van der Waals surface area contributed by atoms with Gasteiger partial charge in [0.15, 0.2) is 0 Å². The van der Waals surface area contributed by atoms with Crippen molar-refractivity contribution in [3.63, 3.8) is 0 Å². The van der Waals surface area contributed by atoms with Gasteiger partial charge < -0.3 is 4.79 Å². The summed E-state index contributed by atoms with van der Waals surface area (Å²) in [6.45, 7) is 1.38. The summed E-state index contributed by atoms with van der Waals surface area (Å²) in [4.78, 5) is 10.6. The van der Waals surface area contributed by atoms with Crippen LogP contribution in [0.1, 0.15) is 18.9 Å². The Morgan fingerprint density at radius 1 is 1.43 bits per heavy atom. The molecule has 0 radical (unpaired) electrons. The Kier molecular flexibility index (Phi) is 3.58. The van der Waals surface area contributed by atoms with Gasteiger partial charge in [0.25, 0.3) is 0 Å². The molecule has 0 aromatic heterocycles. The molecule has 0 aliphatic heterocycles. The smallest absolute Gasteiger partial charge is 0.147 e. The molecule has 0 aliphatic rings. The first-order chi connectivity index (χ1) is 6.52. The van der Waals surface area contributed by atoms with Crippen molar-refractivity contribution >= 4 is 17.4 Å². The van der Waals surface area contributed by atoms with Gasteiger partial charge in [-0.15, -0.1) is 0 Å². The minimum Gasteiger partial charge on any atom is -0.300 e. The van der Waals surface area contributed by atoms with Crippen LogP contribution in [0.3, 0.4) is 0 Å². The van der Waals surface area contributed by atoms with Gasteiger partial charge in [-0.3, -0.25) is 0 Å². The van der Waals surface area contributed by atoms with Crippen LogP contribution in [0.15, 0.2) is 12.1 Å². The van der Waals surface area contributed by atoms with Crippen molar-refractivity contribution in [3.8, 4) is 0 Å². The van der Waals surface area contributed by atoms with E-state index in [1.807, 2.05) is 0 Å². The van der Waals surface area contributed by atoms with Crippen LogP contribution in [0.25, 0.3) is 0 Å². The fraction of sp³-hybridized carbons (Fsp3) is 0.300. The standard InChI is InChI=1S/C10H9ClF2O/c1-6(14)2-3-7-9(12)5-4-8(11)10(7)13/h4-5H,2-3H2,1H3. The topological polar surface area (TPSA) is 17.1 Å². The lowest BCUT2D eigenvalue weighted by atomic mass is 10.1. The Morgan fingerprint density at radius 3 is 2.64 bits per heavy atom. The molecule has 1 aromatic rings. The molecule has 0 saturated heterocycles. The molecule has 0 atom stereocenters. The Balaban J connectivity index is 2.95. The molecule has 1 rings (SSSR count). The number of hydrogen-bond donors (Lipinski definition) is 0. The number of halogens is 3. The zero-order valence-corrected chi connectivity index (χ0v) is 8.37. The second kappa shape index (κ2) is 4.51. The van der Waals surface area contributed by atoms with Crippen molar-refractivity contribution in [3.05, 3.63) is 34.4 Å². The maximum Gasteiger partial charge on any atom is 0.147 e. The van der Waals surface area contributed by atoms with Crippen molar-refractivity contribution < 1.29 is 13.6 Å². The van der Waals surface area contributed by atoms with E-state index in [1.165, 1.54) is 6.92 Å². The molecule has 4 heteroatoms. The SMILES string of the molecule is CC(=O)CCc1c(F)ccc(Cl)c1F. The van der Waals surface area contributed by atoms with Crippen LogP contribution in [-0.2, 0) is 11.2 Å². The van der Waals surface area contributed by atoms with E-state index in [9.17, 15) is 13.6 Å². The highest BCUT2D eigenvalue weighted by molar-refractivity contribution is 6.30. The summed E-state index contributed by atoms with van der Waals surface area (Å²) in [6, 6.07) is 2.25. The molecule has 0 unspecified atom stereocenters. The lowest BCUT2D eigenvalue weighted by Gasteiger charge is -2.04. The summed E-state index contributed by atoms with van der Waals surface area (Å²) in [5.41, 5.74) is -0.118. The first-order valence-electron chi connectivity index (χ1n) is 4.14. The van der Waals surface area contributed by atoms with Crippen molar-refractivity contribution in [2.75, 3.05) is 0 Å². The van der Waals surface area contributed by atoms with Gasteiger partial charge in [0.1, 0.15) is 17.4 Å². The van der Waals surface area contributed by atoms with Gasteiger partial charge in [-0.25, -0.2) is 8.78 Å². The Bertz CT molecular complexity index is 363. The fourth-order valence-electron chi connectivity index (χ4n) is 1.10. The van der Waals surface area contributed by atoms with Gasteiger partial charge in [-0.05, 0) is 25.5 Å². The van der Waals surface area contributed by atoms with E-state index in [4.69, 9.17) is 11.6 Å². The average molecular weight is 219 g/mol. The molecule has 0 amide bonds. The van der Waals surface area contributed by atoms with Crippen LogP contribution in [0.4, 0.5) is 8.78 Å². The number of benzene rings is 1. The van der Waals surface area contributed by atoms with Crippen LogP contribution in [0, 0.1) is 11.6 Å². The third-order valence-corrected chi connectivity index (χ3v) is 2.16. The normalized spacial score (nSPS) is 10.3. The molecule has 14 heavy (non-hydrogen) atoms. The molecule has 0 heterocycles. The molecule has 1 aromatic carbocycles. The minimum absolute atomic E-state index is 0.0492. The van der Waals surface area contributed by atoms with Gasteiger partial charge in [-0.1, -0.05) is 11.6 Å². The quantitative estimate of drug-likeness (QED) is 0.713. The minimum atomic E-state index is -0.770. The molecule has 0 bridgehead atoms. The van der Waals surface area contributed by atoms with Crippen molar-refractivity contribution in [1.82, 2.24) is 0 Å². The molecular formula is C10H9ClF2O. The van der Waals surface area contributed by atoms with Crippen molar-refractivity contribution in [2.45, 2.75) is 19.8 Å². The number of rotatable bonds is 3. The molecule has 76 valence electrons. The van der Waals surface area contributed by atoms with E-state index in [1.54, 1.807) is 0 Å². The van der Waals surface area contributed by atoms with E-state index in [-0.39, 0.29) is 29.2 Å². The Morgan fingerprint density at radius 2 is 2.07 bits per heavy atom. The van der Waals surface area contributed by atoms with Gasteiger partial charge in [0, 0.05) is 12.0 Å². The predicted octanol–water partition coefficient (Wildman–Crippen LogP) is 3.14. The summed E-state index contributed by atoms with van der Waals surface area (Å²) < 4.78 is 26.3. The van der Waals surface area contributed by atoms with Gasteiger partial charge in [0.2, 0.25) is 0 Å². The van der Waals surface area contributed by atoms with Crippen LogP contribution in [0.5, 0.6) is 0 Å². The average Bonchev–Trinajstić information content (AvgIpc) is 2.11. The van der Waals surface area contributed by atoms with E-state index in [0.717, 1.165) is 12.1 Å². The highest BCUT2D eigenvalue weighted by atomic mass is 35.5. The van der Waals surface area contributed by atoms with Crippen molar-refractivity contribution in [2.24, 2.45) is 0 Å². The monoisotopic (exact) mass is 218 g/mol. The largest absolute Gasteiger partial charge is 0.300 e. The molecule has 0 N–H and O–H groups in total. The number of ketones is 1. The number of carbonyl (C=O) groups excluding carboxylic acids is 1. The van der Waals surface area contributed by atoms with E-state index in [0.29, 0.717) is 0 Å². The first kappa shape index (κ1) is 11.1. The molecular weight excluding hydrogens is 210 g/mol. The molecule has 0 aliphatic carbocycles. The van der Waals surface area contributed by atoms with Crippen molar-refractivity contribution in [1.29, 1.82) is 0 Å². The highest BCUT2D eigenvalue weighted by Crippen LogP contribution is 2.22. The maximum atomic E-state index is 13.2. The number of carbonyl (C=O) groups is 1. The number of Topliss-reactive ketones (excluding diaryl/α,β-unsaturated/α-hetero) is 1. The summed E-state index contributed by atoms with van der Waals surface area (Å²) >= 11 is 5.47. The van der Waals surface area contributed by atoms with E-state index < -0.39 is 11.6 Å². The summed E-state index contributed by atoms with van der Waals surface area (Å²) in [5.74, 6) is -1.54. The lowest BCUT2D eigenvalue weighted by molar-refractivity contribution is -0.116. The second-order valence-corrected chi connectivity index (χ2v) is 3.43. The Labute approximate surface area is 85.7 Å². The lowest BCUT2D eigenvalue weighted by Crippen LogP contribution is -2.00. The van der Waals surface area contributed by atoms with Gasteiger partial charge >= 0.3 is 0 Å². The predicted molar refractivity (Wildman–Crippen MR) is 50.4 cm³/mol. The maximum absolute atomic E-state index is 13.2. The first-order valence-corrected chi connectivity index (χ1v) is 4.52. The second-order valence-electron chi connectivity index (χ2n) is 3.02. The molecule has 1 nitrogen and oxygen atoms in total.